The average Bonchev–Trinajstić information content (AvgIpc) is 3.15. The summed E-state index contributed by atoms with van der Waals surface area (Å²) in [5, 5.41) is 2.93. The number of hydrogen-bond donors (Lipinski definition) is 1. The van der Waals surface area contributed by atoms with E-state index in [1.54, 1.807) is 29.9 Å². The van der Waals surface area contributed by atoms with Crippen LogP contribution in [0.25, 0.3) is 21.5 Å². The number of para-hydroxylation sites is 1. The van der Waals surface area contributed by atoms with Crippen molar-refractivity contribution in [2.24, 2.45) is 0 Å². The Hall–Kier alpha value is -2.77. The lowest BCUT2D eigenvalue weighted by atomic mass is 10.1. The zero-order valence-corrected chi connectivity index (χ0v) is 16.0. The maximum absolute atomic E-state index is 12.1. The van der Waals surface area contributed by atoms with Gasteiger partial charge >= 0.3 is 0 Å². The number of rotatable bonds is 6. The van der Waals surface area contributed by atoms with Crippen molar-refractivity contribution in [3.05, 3.63) is 72.7 Å². The number of amides is 1. The topological polar surface area (TPSA) is 67.8 Å². The Balaban J connectivity index is 1.28. The molecule has 0 saturated carbocycles. The van der Waals surface area contributed by atoms with E-state index in [0.29, 0.717) is 12.3 Å². The number of nitrogens with one attached hydrogen (secondary N) is 1. The van der Waals surface area contributed by atoms with Crippen LogP contribution in [0, 0.1) is 0 Å². The van der Waals surface area contributed by atoms with Gasteiger partial charge in [0, 0.05) is 30.7 Å². The van der Waals surface area contributed by atoms with Crippen LogP contribution < -0.4 is 5.32 Å². The summed E-state index contributed by atoms with van der Waals surface area (Å²) in [6.45, 7) is 0.458. The molecule has 1 amide bonds. The molecule has 0 unspecified atom stereocenters. The van der Waals surface area contributed by atoms with Gasteiger partial charge in [-0.1, -0.05) is 30.0 Å². The number of aromatic nitrogens is 3. The average molecular weight is 393 g/mol. The highest BCUT2D eigenvalue weighted by Crippen LogP contribution is 2.29. The normalized spacial score (nSPS) is 10.8. The SMILES string of the molecule is O=C(CSc1nc2ccccc2s1)NCc1ccc(-c2cccnc2)nc1. The maximum atomic E-state index is 12.1. The van der Waals surface area contributed by atoms with Gasteiger partial charge in [0.15, 0.2) is 4.34 Å². The third kappa shape index (κ3) is 4.50. The molecule has 4 rings (SSSR count). The second-order valence-electron chi connectivity index (χ2n) is 5.81. The first-order valence-corrected chi connectivity index (χ1v) is 10.2. The Bertz CT molecular complexity index is 1020. The summed E-state index contributed by atoms with van der Waals surface area (Å²) in [6, 6.07) is 15.7. The standard InChI is InChI=1S/C20H16N4OS2/c25-19(13-26-20-24-17-5-1-2-6-18(17)27-20)23-11-14-7-8-16(22-10-14)15-4-3-9-21-12-15/h1-10,12H,11,13H2,(H,23,25). The lowest BCUT2D eigenvalue weighted by molar-refractivity contribution is -0.118. The number of fused-ring (bicyclic) bond motifs is 1. The van der Waals surface area contributed by atoms with Gasteiger partial charge in [-0.3, -0.25) is 14.8 Å². The van der Waals surface area contributed by atoms with Crippen LogP contribution >= 0.6 is 23.1 Å². The summed E-state index contributed by atoms with van der Waals surface area (Å²) in [7, 11) is 0. The molecule has 1 aromatic carbocycles. The molecule has 0 bridgehead atoms. The van der Waals surface area contributed by atoms with Gasteiger partial charge in [-0.05, 0) is 35.9 Å². The van der Waals surface area contributed by atoms with Crippen molar-refractivity contribution in [3.63, 3.8) is 0 Å². The molecule has 0 saturated heterocycles. The van der Waals surface area contributed by atoms with E-state index in [4.69, 9.17) is 0 Å². The molecule has 1 N–H and O–H groups in total. The number of carbonyl (C=O) groups excluding carboxylic acids is 1. The van der Waals surface area contributed by atoms with Crippen molar-refractivity contribution < 1.29 is 4.79 Å². The molecule has 0 aliphatic heterocycles. The van der Waals surface area contributed by atoms with Crippen molar-refractivity contribution in [1.82, 2.24) is 20.3 Å². The minimum absolute atomic E-state index is 0.0180. The van der Waals surface area contributed by atoms with Gasteiger partial charge in [-0.2, -0.15) is 0 Å². The smallest absolute Gasteiger partial charge is 0.230 e. The van der Waals surface area contributed by atoms with Crippen LogP contribution in [-0.2, 0) is 11.3 Å². The largest absolute Gasteiger partial charge is 0.351 e. The first kappa shape index (κ1) is 17.6. The molecule has 0 fully saturated rings. The second-order valence-corrected chi connectivity index (χ2v) is 8.06. The zero-order valence-electron chi connectivity index (χ0n) is 14.3. The van der Waals surface area contributed by atoms with Gasteiger partial charge in [0.05, 0.1) is 21.7 Å². The molecule has 0 aliphatic carbocycles. The van der Waals surface area contributed by atoms with Crippen LogP contribution in [0.2, 0.25) is 0 Å². The molecule has 0 radical (unpaired) electrons. The van der Waals surface area contributed by atoms with Crippen LogP contribution in [0.15, 0.2) is 71.5 Å². The van der Waals surface area contributed by atoms with Gasteiger partial charge in [0.2, 0.25) is 5.91 Å². The van der Waals surface area contributed by atoms with Gasteiger partial charge in [0.1, 0.15) is 0 Å². The Morgan fingerprint density at radius 1 is 1.07 bits per heavy atom. The number of hydrogen-bond acceptors (Lipinski definition) is 6. The molecular weight excluding hydrogens is 376 g/mol. The lowest BCUT2D eigenvalue weighted by Gasteiger charge is -2.05. The fourth-order valence-electron chi connectivity index (χ4n) is 2.51. The summed E-state index contributed by atoms with van der Waals surface area (Å²) in [5.41, 5.74) is 3.77. The van der Waals surface area contributed by atoms with E-state index in [1.807, 2.05) is 48.5 Å². The van der Waals surface area contributed by atoms with E-state index in [-0.39, 0.29) is 5.91 Å². The zero-order chi connectivity index (χ0) is 18.5. The number of nitrogens with zero attached hydrogens (tertiary/aromatic N) is 3. The van der Waals surface area contributed by atoms with Gasteiger partial charge in [-0.15, -0.1) is 11.3 Å². The van der Waals surface area contributed by atoms with Crippen LogP contribution in [-0.4, -0.2) is 26.6 Å². The van der Waals surface area contributed by atoms with E-state index < -0.39 is 0 Å². The first-order chi connectivity index (χ1) is 13.3. The molecule has 5 nitrogen and oxygen atoms in total. The third-order valence-electron chi connectivity index (χ3n) is 3.87. The van der Waals surface area contributed by atoms with Crippen molar-refractivity contribution in [3.8, 4) is 11.3 Å². The Kier molecular flexibility index (Phi) is 5.41. The quantitative estimate of drug-likeness (QED) is 0.499. The van der Waals surface area contributed by atoms with E-state index in [9.17, 15) is 4.79 Å². The highest BCUT2D eigenvalue weighted by Gasteiger charge is 2.08. The van der Waals surface area contributed by atoms with E-state index in [1.165, 1.54) is 11.8 Å². The molecule has 134 valence electrons. The molecular formula is C20H16N4OS2. The van der Waals surface area contributed by atoms with Crippen LogP contribution in [0.1, 0.15) is 5.56 Å². The van der Waals surface area contributed by atoms with Crippen molar-refractivity contribution >= 4 is 39.2 Å². The Morgan fingerprint density at radius 3 is 2.78 bits per heavy atom. The highest BCUT2D eigenvalue weighted by molar-refractivity contribution is 8.01. The van der Waals surface area contributed by atoms with Crippen LogP contribution in [0.5, 0.6) is 0 Å². The summed E-state index contributed by atoms with van der Waals surface area (Å²) >= 11 is 3.07. The van der Waals surface area contributed by atoms with E-state index in [2.05, 4.69) is 20.3 Å². The lowest BCUT2D eigenvalue weighted by Crippen LogP contribution is -2.24. The van der Waals surface area contributed by atoms with E-state index >= 15 is 0 Å². The second kappa shape index (κ2) is 8.28. The minimum Gasteiger partial charge on any atom is -0.351 e. The summed E-state index contributed by atoms with van der Waals surface area (Å²) in [6.07, 6.45) is 5.30. The number of benzene rings is 1. The summed E-state index contributed by atoms with van der Waals surface area (Å²) < 4.78 is 2.05. The molecule has 0 spiro atoms. The molecule has 7 heteroatoms. The number of thiazole rings is 1. The van der Waals surface area contributed by atoms with Crippen molar-refractivity contribution in [2.45, 2.75) is 10.9 Å². The first-order valence-electron chi connectivity index (χ1n) is 8.38. The molecule has 4 aromatic rings. The number of carbonyl (C=O) groups is 1. The molecule has 0 atom stereocenters. The maximum Gasteiger partial charge on any atom is 0.230 e. The monoisotopic (exact) mass is 392 g/mol. The van der Waals surface area contributed by atoms with E-state index in [0.717, 1.165) is 31.4 Å². The highest BCUT2D eigenvalue weighted by atomic mass is 32.2. The Labute approximate surface area is 164 Å². The fourth-order valence-corrected chi connectivity index (χ4v) is 4.40. The number of pyridine rings is 2. The predicted molar refractivity (Wildman–Crippen MR) is 110 cm³/mol. The van der Waals surface area contributed by atoms with Gasteiger partial charge < -0.3 is 5.32 Å². The summed E-state index contributed by atoms with van der Waals surface area (Å²) in [4.78, 5) is 25.2. The summed E-state index contributed by atoms with van der Waals surface area (Å²) in [5.74, 6) is 0.330. The van der Waals surface area contributed by atoms with Gasteiger partial charge in [0.25, 0.3) is 0 Å². The van der Waals surface area contributed by atoms with Crippen LogP contribution in [0.4, 0.5) is 0 Å². The van der Waals surface area contributed by atoms with Gasteiger partial charge in [-0.25, -0.2) is 4.98 Å². The van der Waals surface area contributed by atoms with Crippen molar-refractivity contribution in [1.29, 1.82) is 0 Å². The third-order valence-corrected chi connectivity index (χ3v) is 6.05. The van der Waals surface area contributed by atoms with Crippen LogP contribution in [0.3, 0.4) is 0 Å². The molecule has 27 heavy (non-hydrogen) atoms. The Morgan fingerprint density at radius 2 is 2.00 bits per heavy atom. The molecule has 3 aromatic heterocycles. The number of thioether (sulfide) groups is 1. The fraction of sp³-hybridized carbons (Fsp3) is 0.100. The minimum atomic E-state index is -0.0180. The molecule has 0 aliphatic rings. The predicted octanol–water partition coefficient (Wildman–Crippen LogP) is 4.16. The van der Waals surface area contributed by atoms with Crippen molar-refractivity contribution in [2.75, 3.05) is 5.75 Å². The molecule has 3 heterocycles.